The zero-order chi connectivity index (χ0) is 17.1. The molecule has 0 fully saturated rings. The van der Waals surface area contributed by atoms with Crippen molar-refractivity contribution in [2.75, 3.05) is 47.3 Å². The van der Waals surface area contributed by atoms with E-state index in [1.54, 1.807) is 21.1 Å². The normalized spacial score (nSPS) is 10.5. The fourth-order valence-electron chi connectivity index (χ4n) is 1.80. The summed E-state index contributed by atoms with van der Waals surface area (Å²) >= 11 is 0. The van der Waals surface area contributed by atoms with Gasteiger partial charge in [-0.1, -0.05) is 13.8 Å². The number of nitrogens with one attached hydrogen (secondary N) is 2. The van der Waals surface area contributed by atoms with Gasteiger partial charge in [0, 0.05) is 20.6 Å². The molecule has 0 aliphatic heterocycles. The average molecular weight is 314 g/mol. The highest BCUT2D eigenvalue weighted by Gasteiger charge is 2.17. The molecule has 0 aliphatic rings. The van der Waals surface area contributed by atoms with Gasteiger partial charge in [-0.15, -0.1) is 0 Å². The third kappa shape index (κ3) is 9.33. The van der Waals surface area contributed by atoms with Gasteiger partial charge in [-0.2, -0.15) is 0 Å². The van der Waals surface area contributed by atoms with E-state index >= 15 is 0 Å². The van der Waals surface area contributed by atoms with Gasteiger partial charge in [0.05, 0.1) is 19.6 Å². The SMILES string of the molecule is CNCC(=O)N(C)CC(=O)N(C)CC(=O)NCCCC(C)C. The summed E-state index contributed by atoms with van der Waals surface area (Å²) in [6.45, 7) is 5.07. The van der Waals surface area contributed by atoms with Crippen LogP contribution in [0.15, 0.2) is 0 Å². The molecule has 0 aliphatic carbocycles. The summed E-state index contributed by atoms with van der Waals surface area (Å²) in [5, 5.41) is 5.54. The molecule has 0 spiro atoms. The molecule has 3 amide bonds. The van der Waals surface area contributed by atoms with Crippen LogP contribution in [-0.4, -0.2) is 74.8 Å². The second-order valence-electron chi connectivity index (χ2n) is 5.92. The van der Waals surface area contributed by atoms with Gasteiger partial charge in [0.2, 0.25) is 17.7 Å². The summed E-state index contributed by atoms with van der Waals surface area (Å²) < 4.78 is 0. The molecule has 0 aromatic carbocycles. The first-order chi connectivity index (χ1) is 10.3. The van der Waals surface area contributed by atoms with Crippen LogP contribution in [0.25, 0.3) is 0 Å². The summed E-state index contributed by atoms with van der Waals surface area (Å²) in [6.07, 6.45) is 2.00. The molecule has 0 bridgehead atoms. The minimum absolute atomic E-state index is 0.00850. The number of nitrogens with zero attached hydrogens (tertiary/aromatic N) is 2. The van der Waals surface area contributed by atoms with Gasteiger partial charge in [0.1, 0.15) is 0 Å². The Labute approximate surface area is 133 Å². The lowest BCUT2D eigenvalue weighted by molar-refractivity contribution is -0.139. The zero-order valence-corrected chi connectivity index (χ0v) is 14.4. The van der Waals surface area contributed by atoms with Gasteiger partial charge >= 0.3 is 0 Å². The van der Waals surface area contributed by atoms with E-state index in [2.05, 4.69) is 24.5 Å². The third-order valence-electron chi connectivity index (χ3n) is 3.21. The highest BCUT2D eigenvalue weighted by atomic mass is 16.2. The number of likely N-dealkylation sites (N-methyl/N-ethyl adjacent to an activating group) is 3. The summed E-state index contributed by atoms with van der Waals surface area (Å²) in [6, 6.07) is 0. The van der Waals surface area contributed by atoms with Crippen LogP contribution in [0.1, 0.15) is 26.7 Å². The Balaban J connectivity index is 4.03. The van der Waals surface area contributed by atoms with Crippen molar-refractivity contribution in [1.82, 2.24) is 20.4 Å². The van der Waals surface area contributed by atoms with E-state index in [0.29, 0.717) is 12.5 Å². The van der Waals surface area contributed by atoms with Crippen molar-refractivity contribution in [3.05, 3.63) is 0 Å². The van der Waals surface area contributed by atoms with Crippen molar-refractivity contribution in [3.8, 4) is 0 Å². The van der Waals surface area contributed by atoms with Crippen LogP contribution in [0.3, 0.4) is 0 Å². The molecular weight excluding hydrogens is 284 g/mol. The van der Waals surface area contributed by atoms with Gasteiger partial charge in [0.15, 0.2) is 0 Å². The van der Waals surface area contributed by atoms with E-state index in [1.807, 2.05) is 0 Å². The van der Waals surface area contributed by atoms with Crippen molar-refractivity contribution in [2.24, 2.45) is 5.92 Å². The average Bonchev–Trinajstić information content (AvgIpc) is 2.43. The molecule has 22 heavy (non-hydrogen) atoms. The van der Waals surface area contributed by atoms with E-state index in [9.17, 15) is 14.4 Å². The predicted octanol–water partition coefficient (Wildman–Crippen LogP) is -0.325. The second-order valence-corrected chi connectivity index (χ2v) is 5.92. The Bertz CT molecular complexity index is 372. The Morgan fingerprint density at radius 2 is 1.59 bits per heavy atom. The maximum Gasteiger partial charge on any atom is 0.242 e. The van der Waals surface area contributed by atoms with E-state index in [4.69, 9.17) is 0 Å². The fraction of sp³-hybridized carbons (Fsp3) is 0.800. The molecule has 0 rings (SSSR count). The smallest absolute Gasteiger partial charge is 0.242 e. The van der Waals surface area contributed by atoms with E-state index < -0.39 is 0 Å². The van der Waals surface area contributed by atoms with Crippen molar-refractivity contribution >= 4 is 17.7 Å². The molecule has 0 atom stereocenters. The molecule has 0 aromatic heterocycles. The maximum absolute atomic E-state index is 11.9. The zero-order valence-electron chi connectivity index (χ0n) is 14.4. The van der Waals surface area contributed by atoms with Crippen molar-refractivity contribution in [1.29, 1.82) is 0 Å². The van der Waals surface area contributed by atoms with Crippen LogP contribution >= 0.6 is 0 Å². The molecule has 7 nitrogen and oxygen atoms in total. The monoisotopic (exact) mass is 314 g/mol. The van der Waals surface area contributed by atoms with Gasteiger partial charge in [-0.05, 0) is 25.8 Å². The summed E-state index contributed by atoms with van der Waals surface area (Å²) in [5.41, 5.74) is 0. The molecule has 128 valence electrons. The van der Waals surface area contributed by atoms with Crippen LogP contribution in [0.5, 0.6) is 0 Å². The standard InChI is InChI=1S/C15H30N4O3/c1-12(2)7-6-8-17-13(20)10-18(4)15(22)11-19(5)14(21)9-16-3/h12,16H,6-11H2,1-5H3,(H,17,20). The molecule has 0 radical (unpaired) electrons. The molecular formula is C15H30N4O3. The van der Waals surface area contributed by atoms with Crippen LogP contribution in [0.2, 0.25) is 0 Å². The lowest BCUT2D eigenvalue weighted by atomic mass is 10.1. The van der Waals surface area contributed by atoms with Crippen molar-refractivity contribution in [2.45, 2.75) is 26.7 Å². The number of amides is 3. The highest BCUT2D eigenvalue weighted by Crippen LogP contribution is 2.01. The molecule has 0 saturated heterocycles. The van der Waals surface area contributed by atoms with E-state index in [-0.39, 0.29) is 37.4 Å². The Hall–Kier alpha value is -1.63. The number of rotatable bonds is 10. The summed E-state index contributed by atoms with van der Waals surface area (Å²) in [5.74, 6) is 0.0160. The maximum atomic E-state index is 11.9. The fourth-order valence-corrected chi connectivity index (χ4v) is 1.80. The predicted molar refractivity (Wildman–Crippen MR) is 86.3 cm³/mol. The largest absolute Gasteiger partial charge is 0.355 e. The van der Waals surface area contributed by atoms with Crippen LogP contribution in [0, 0.1) is 5.92 Å². The molecule has 0 saturated carbocycles. The highest BCUT2D eigenvalue weighted by molar-refractivity contribution is 5.88. The lowest BCUT2D eigenvalue weighted by Crippen LogP contribution is -2.45. The van der Waals surface area contributed by atoms with Crippen LogP contribution < -0.4 is 10.6 Å². The van der Waals surface area contributed by atoms with Gasteiger partial charge in [-0.25, -0.2) is 0 Å². The first kappa shape index (κ1) is 20.4. The van der Waals surface area contributed by atoms with E-state index in [0.717, 1.165) is 12.8 Å². The van der Waals surface area contributed by atoms with E-state index in [1.165, 1.54) is 9.80 Å². The quantitative estimate of drug-likeness (QED) is 0.541. The summed E-state index contributed by atoms with van der Waals surface area (Å²) in [4.78, 5) is 37.9. The first-order valence-electron chi connectivity index (χ1n) is 7.67. The number of carbonyl (C=O) groups is 3. The van der Waals surface area contributed by atoms with Crippen molar-refractivity contribution in [3.63, 3.8) is 0 Å². The van der Waals surface area contributed by atoms with Crippen molar-refractivity contribution < 1.29 is 14.4 Å². The number of carbonyl (C=O) groups excluding carboxylic acids is 3. The molecule has 0 unspecified atom stereocenters. The molecule has 0 aromatic rings. The minimum atomic E-state index is -0.260. The number of hydrogen-bond donors (Lipinski definition) is 2. The number of hydrogen-bond acceptors (Lipinski definition) is 4. The molecule has 2 N–H and O–H groups in total. The topological polar surface area (TPSA) is 81.8 Å². The van der Waals surface area contributed by atoms with Crippen LogP contribution in [0.4, 0.5) is 0 Å². The summed E-state index contributed by atoms with van der Waals surface area (Å²) in [7, 11) is 4.80. The van der Waals surface area contributed by atoms with Gasteiger partial charge in [-0.3, -0.25) is 14.4 Å². The Kier molecular flexibility index (Phi) is 10.2. The Morgan fingerprint density at radius 1 is 1.00 bits per heavy atom. The second kappa shape index (κ2) is 11.0. The Morgan fingerprint density at radius 3 is 2.14 bits per heavy atom. The van der Waals surface area contributed by atoms with Crippen LogP contribution in [-0.2, 0) is 14.4 Å². The molecule has 7 heteroatoms. The van der Waals surface area contributed by atoms with Gasteiger partial charge in [0.25, 0.3) is 0 Å². The first-order valence-corrected chi connectivity index (χ1v) is 7.67. The van der Waals surface area contributed by atoms with Gasteiger partial charge < -0.3 is 20.4 Å². The minimum Gasteiger partial charge on any atom is -0.355 e. The third-order valence-corrected chi connectivity index (χ3v) is 3.21. The lowest BCUT2D eigenvalue weighted by Gasteiger charge is -2.21. The molecule has 0 heterocycles.